The summed E-state index contributed by atoms with van der Waals surface area (Å²) in [6.07, 6.45) is 6.82. The summed E-state index contributed by atoms with van der Waals surface area (Å²) >= 11 is 0. The minimum absolute atomic E-state index is 0.00439. The van der Waals surface area contributed by atoms with Crippen LogP contribution in [0.25, 0.3) is 0 Å². The van der Waals surface area contributed by atoms with Gasteiger partial charge in [0.05, 0.1) is 0 Å². The number of hydrogen-bond donors (Lipinski definition) is 0. The van der Waals surface area contributed by atoms with Crippen molar-refractivity contribution < 1.29 is 4.79 Å². The highest BCUT2D eigenvalue weighted by molar-refractivity contribution is 5.92. The minimum Gasteiger partial charge on any atom is -0.340 e. The van der Waals surface area contributed by atoms with Crippen molar-refractivity contribution in [1.29, 1.82) is 0 Å². The first-order valence-corrected chi connectivity index (χ1v) is 8.94. The van der Waals surface area contributed by atoms with E-state index in [1.165, 1.54) is 19.3 Å². The predicted molar refractivity (Wildman–Crippen MR) is 93.9 cm³/mol. The molecule has 2 heterocycles. The Morgan fingerprint density at radius 2 is 2.13 bits per heavy atom. The number of piperidine rings is 1. The molecule has 0 aromatic carbocycles. The zero-order valence-corrected chi connectivity index (χ0v) is 15.0. The zero-order chi connectivity index (χ0) is 16.8. The van der Waals surface area contributed by atoms with E-state index in [9.17, 15) is 4.79 Å². The first-order valence-electron chi connectivity index (χ1n) is 8.94. The monoisotopic (exact) mass is 318 g/mol. The Balaban J connectivity index is 2.22. The molecule has 1 aliphatic rings. The van der Waals surface area contributed by atoms with Crippen LogP contribution in [0.15, 0.2) is 6.07 Å². The van der Waals surface area contributed by atoms with Gasteiger partial charge >= 0.3 is 0 Å². The van der Waals surface area contributed by atoms with Crippen LogP contribution in [0.4, 0.5) is 5.95 Å². The fourth-order valence-corrected chi connectivity index (χ4v) is 3.17. The molecule has 128 valence electrons. The van der Waals surface area contributed by atoms with E-state index in [2.05, 4.69) is 28.7 Å². The molecular weight excluding hydrogens is 288 g/mol. The average Bonchev–Trinajstić information content (AvgIpc) is 2.58. The van der Waals surface area contributed by atoms with Gasteiger partial charge in [-0.15, -0.1) is 0 Å². The summed E-state index contributed by atoms with van der Waals surface area (Å²) in [5.74, 6) is 0.721. The lowest BCUT2D eigenvalue weighted by Gasteiger charge is -2.35. The number of amides is 1. The highest BCUT2D eigenvalue weighted by atomic mass is 16.2. The second-order valence-electron chi connectivity index (χ2n) is 6.53. The van der Waals surface area contributed by atoms with Crippen molar-refractivity contribution in [3.05, 3.63) is 17.5 Å². The van der Waals surface area contributed by atoms with Crippen LogP contribution in [0.3, 0.4) is 0 Å². The maximum atomic E-state index is 12.6. The van der Waals surface area contributed by atoms with Crippen LogP contribution in [-0.2, 0) is 0 Å². The van der Waals surface area contributed by atoms with Gasteiger partial charge in [-0.05, 0) is 45.1 Å². The van der Waals surface area contributed by atoms with Gasteiger partial charge in [0.15, 0.2) is 0 Å². The Bertz CT molecular complexity index is 532. The largest absolute Gasteiger partial charge is 0.340 e. The quantitative estimate of drug-likeness (QED) is 0.806. The number of nitrogens with zero attached hydrogens (tertiary/aromatic N) is 4. The minimum atomic E-state index is -0.00439. The summed E-state index contributed by atoms with van der Waals surface area (Å²) in [7, 11) is 1.85. The molecule has 0 N–H and O–H groups in total. The van der Waals surface area contributed by atoms with Crippen LogP contribution in [0, 0.1) is 6.92 Å². The third-order valence-corrected chi connectivity index (χ3v) is 4.61. The summed E-state index contributed by atoms with van der Waals surface area (Å²) in [5, 5.41) is 0. The van der Waals surface area contributed by atoms with E-state index in [0.29, 0.717) is 11.7 Å². The molecule has 1 amide bonds. The number of aryl methyl sites for hydroxylation is 1. The molecule has 0 bridgehead atoms. The SMILES string of the molecule is CCCCN(C)C(=O)c1cc(C)nc(N2CCCCC2CC)n1. The summed E-state index contributed by atoms with van der Waals surface area (Å²) in [6, 6.07) is 2.30. The van der Waals surface area contributed by atoms with Crippen molar-refractivity contribution in [3.8, 4) is 0 Å². The van der Waals surface area contributed by atoms with Gasteiger partial charge in [0, 0.05) is 31.9 Å². The fraction of sp³-hybridized carbons (Fsp3) is 0.722. The summed E-state index contributed by atoms with van der Waals surface area (Å²) < 4.78 is 0. The summed E-state index contributed by atoms with van der Waals surface area (Å²) in [4.78, 5) is 25.9. The number of rotatable bonds is 6. The molecule has 1 saturated heterocycles. The van der Waals surface area contributed by atoms with E-state index in [1.54, 1.807) is 11.0 Å². The first kappa shape index (κ1) is 17.7. The van der Waals surface area contributed by atoms with E-state index in [0.717, 1.165) is 44.0 Å². The number of unbranched alkanes of at least 4 members (excludes halogenated alkanes) is 1. The molecule has 1 fully saturated rings. The van der Waals surface area contributed by atoms with Gasteiger partial charge in [-0.2, -0.15) is 0 Å². The molecule has 1 aromatic heterocycles. The van der Waals surface area contributed by atoms with Crippen LogP contribution in [0.5, 0.6) is 0 Å². The van der Waals surface area contributed by atoms with Gasteiger partial charge < -0.3 is 9.80 Å². The lowest BCUT2D eigenvalue weighted by molar-refractivity contribution is 0.0787. The van der Waals surface area contributed by atoms with Crippen LogP contribution < -0.4 is 4.90 Å². The number of carbonyl (C=O) groups is 1. The van der Waals surface area contributed by atoms with E-state index in [-0.39, 0.29) is 5.91 Å². The Kier molecular flexibility index (Phi) is 6.37. The van der Waals surface area contributed by atoms with Crippen molar-refractivity contribution in [1.82, 2.24) is 14.9 Å². The zero-order valence-electron chi connectivity index (χ0n) is 15.0. The van der Waals surface area contributed by atoms with Crippen LogP contribution in [-0.4, -0.2) is 47.0 Å². The molecule has 23 heavy (non-hydrogen) atoms. The Morgan fingerprint density at radius 3 is 2.83 bits per heavy atom. The molecule has 5 nitrogen and oxygen atoms in total. The molecule has 1 unspecified atom stereocenters. The molecule has 2 rings (SSSR count). The van der Waals surface area contributed by atoms with Gasteiger partial charge in [-0.1, -0.05) is 20.3 Å². The maximum absolute atomic E-state index is 12.6. The normalized spacial score (nSPS) is 18.1. The topological polar surface area (TPSA) is 49.3 Å². The van der Waals surface area contributed by atoms with Gasteiger partial charge in [0.2, 0.25) is 5.95 Å². The third kappa shape index (κ3) is 4.43. The molecular formula is C18H30N4O. The summed E-state index contributed by atoms with van der Waals surface area (Å²) in [6.45, 7) is 8.05. The molecule has 1 atom stereocenters. The van der Waals surface area contributed by atoms with E-state index >= 15 is 0 Å². The second-order valence-corrected chi connectivity index (χ2v) is 6.53. The molecule has 0 spiro atoms. The predicted octanol–water partition coefficient (Wildman–Crippen LogP) is 3.43. The highest BCUT2D eigenvalue weighted by Gasteiger charge is 2.24. The highest BCUT2D eigenvalue weighted by Crippen LogP contribution is 2.24. The molecule has 0 aliphatic carbocycles. The fourth-order valence-electron chi connectivity index (χ4n) is 3.17. The lowest BCUT2D eigenvalue weighted by atomic mass is 10.0. The smallest absolute Gasteiger partial charge is 0.272 e. The molecule has 5 heteroatoms. The summed E-state index contributed by atoms with van der Waals surface area (Å²) in [5.41, 5.74) is 1.38. The van der Waals surface area contributed by atoms with Crippen molar-refractivity contribution in [2.45, 2.75) is 65.3 Å². The van der Waals surface area contributed by atoms with E-state index < -0.39 is 0 Å². The Hall–Kier alpha value is -1.65. The number of hydrogen-bond acceptors (Lipinski definition) is 4. The number of anilines is 1. The van der Waals surface area contributed by atoms with Crippen LogP contribution >= 0.6 is 0 Å². The molecule has 1 aliphatic heterocycles. The van der Waals surface area contributed by atoms with Crippen LogP contribution in [0.1, 0.15) is 68.6 Å². The van der Waals surface area contributed by atoms with Gasteiger partial charge in [-0.25, -0.2) is 9.97 Å². The second kappa shape index (κ2) is 8.27. The van der Waals surface area contributed by atoms with Gasteiger partial charge in [0.25, 0.3) is 5.91 Å². The molecule has 0 saturated carbocycles. The third-order valence-electron chi connectivity index (χ3n) is 4.61. The standard InChI is InChI=1S/C18H30N4O/c1-5-7-11-21(4)17(23)16-13-14(3)19-18(20-16)22-12-9-8-10-15(22)6-2/h13,15H,5-12H2,1-4H3. The number of aromatic nitrogens is 2. The van der Waals surface area contributed by atoms with Crippen molar-refractivity contribution in [3.63, 3.8) is 0 Å². The maximum Gasteiger partial charge on any atom is 0.272 e. The Morgan fingerprint density at radius 1 is 1.35 bits per heavy atom. The van der Waals surface area contributed by atoms with Crippen molar-refractivity contribution in [2.75, 3.05) is 25.0 Å². The van der Waals surface area contributed by atoms with Crippen molar-refractivity contribution in [2.24, 2.45) is 0 Å². The van der Waals surface area contributed by atoms with Crippen LogP contribution in [0.2, 0.25) is 0 Å². The van der Waals surface area contributed by atoms with E-state index in [4.69, 9.17) is 0 Å². The lowest BCUT2D eigenvalue weighted by Crippen LogP contribution is -2.40. The van der Waals surface area contributed by atoms with Crippen molar-refractivity contribution >= 4 is 11.9 Å². The molecule has 0 radical (unpaired) electrons. The van der Waals surface area contributed by atoms with Gasteiger partial charge in [0.1, 0.15) is 5.69 Å². The first-order chi connectivity index (χ1) is 11.1. The average molecular weight is 318 g/mol. The number of carbonyl (C=O) groups excluding carboxylic acids is 1. The molecule has 1 aromatic rings. The van der Waals surface area contributed by atoms with E-state index in [1.807, 2.05) is 14.0 Å². The Labute approximate surface area is 140 Å². The van der Waals surface area contributed by atoms with Gasteiger partial charge in [-0.3, -0.25) is 4.79 Å².